The Hall–Kier alpha value is -2.30. The molecule has 0 unspecified atom stereocenters. The number of ether oxygens (including phenoxy) is 2. The summed E-state index contributed by atoms with van der Waals surface area (Å²) in [6.07, 6.45) is 5.09. The number of halogens is 1. The van der Waals surface area contributed by atoms with E-state index in [-0.39, 0.29) is 11.3 Å². The number of hydrogen-bond donors (Lipinski definition) is 1. The number of hydrogen-bond acceptors (Lipinski definition) is 3. The molecule has 1 heterocycles. The molecule has 0 saturated carbocycles. The van der Waals surface area contributed by atoms with E-state index in [9.17, 15) is 4.79 Å². The number of para-hydroxylation sites is 1. The van der Waals surface area contributed by atoms with Gasteiger partial charge in [0.1, 0.15) is 5.75 Å². The van der Waals surface area contributed by atoms with E-state index in [1.807, 2.05) is 55.5 Å². The van der Waals surface area contributed by atoms with Gasteiger partial charge in [-0.05, 0) is 49.6 Å². The molecule has 0 atom stereocenters. The van der Waals surface area contributed by atoms with Crippen LogP contribution in [-0.2, 0) is 14.9 Å². The highest BCUT2D eigenvalue weighted by Crippen LogP contribution is 2.35. The van der Waals surface area contributed by atoms with Crippen molar-refractivity contribution in [1.29, 1.82) is 0 Å². The van der Waals surface area contributed by atoms with Crippen molar-refractivity contribution in [3.63, 3.8) is 0 Å². The number of amides is 1. The molecular weight excluding hydrogens is 374 g/mol. The fourth-order valence-corrected chi connectivity index (χ4v) is 3.64. The smallest absolute Gasteiger partial charge is 0.244 e. The van der Waals surface area contributed by atoms with E-state index in [1.54, 1.807) is 12.2 Å². The molecule has 1 aliphatic rings. The molecule has 0 radical (unpaired) electrons. The largest absolute Gasteiger partial charge is 0.493 e. The summed E-state index contributed by atoms with van der Waals surface area (Å²) in [6.45, 7) is 4.47. The Balaban J connectivity index is 1.68. The number of carbonyl (C=O) groups is 1. The normalized spacial score (nSPS) is 16.1. The fourth-order valence-electron chi connectivity index (χ4n) is 3.52. The summed E-state index contributed by atoms with van der Waals surface area (Å²) in [5.41, 5.74) is 1.94. The Kier molecular flexibility index (Phi) is 7.12. The first-order valence-electron chi connectivity index (χ1n) is 9.64. The molecule has 28 heavy (non-hydrogen) atoms. The third-order valence-electron chi connectivity index (χ3n) is 5.14. The summed E-state index contributed by atoms with van der Waals surface area (Å²) in [5.74, 6) is 0.655. The molecule has 1 saturated heterocycles. The van der Waals surface area contributed by atoms with Crippen molar-refractivity contribution in [2.45, 2.75) is 25.2 Å². The lowest BCUT2D eigenvalue weighted by molar-refractivity contribution is -0.116. The van der Waals surface area contributed by atoms with Crippen LogP contribution < -0.4 is 10.1 Å². The fraction of sp³-hybridized carbons (Fsp3) is 0.348. The molecule has 1 N–H and O–H groups in total. The Labute approximate surface area is 171 Å². The van der Waals surface area contributed by atoms with Crippen molar-refractivity contribution in [3.8, 4) is 5.75 Å². The summed E-state index contributed by atoms with van der Waals surface area (Å²) < 4.78 is 11.2. The third kappa shape index (κ3) is 5.15. The van der Waals surface area contributed by atoms with Gasteiger partial charge in [0.25, 0.3) is 0 Å². The van der Waals surface area contributed by atoms with Gasteiger partial charge in [-0.15, -0.1) is 0 Å². The lowest BCUT2D eigenvalue weighted by Gasteiger charge is -2.38. The average Bonchev–Trinajstić information content (AvgIpc) is 2.73. The van der Waals surface area contributed by atoms with Gasteiger partial charge in [0.05, 0.1) is 6.61 Å². The molecule has 1 fully saturated rings. The number of nitrogens with one attached hydrogen (secondary N) is 1. The van der Waals surface area contributed by atoms with Crippen LogP contribution >= 0.6 is 11.6 Å². The van der Waals surface area contributed by atoms with E-state index in [1.165, 1.54) is 5.56 Å². The summed E-state index contributed by atoms with van der Waals surface area (Å²) in [4.78, 5) is 12.5. The molecular formula is C23H26ClNO3. The molecule has 1 aliphatic heterocycles. The first-order valence-corrected chi connectivity index (χ1v) is 10.0. The van der Waals surface area contributed by atoms with Gasteiger partial charge in [0.2, 0.25) is 5.91 Å². The Morgan fingerprint density at radius 2 is 1.89 bits per heavy atom. The van der Waals surface area contributed by atoms with Gasteiger partial charge in [-0.3, -0.25) is 4.79 Å². The van der Waals surface area contributed by atoms with Crippen LogP contribution in [0.1, 0.15) is 30.9 Å². The van der Waals surface area contributed by atoms with Gasteiger partial charge in [0, 0.05) is 41.8 Å². The van der Waals surface area contributed by atoms with Gasteiger partial charge in [-0.2, -0.15) is 0 Å². The van der Waals surface area contributed by atoms with Crippen molar-refractivity contribution in [3.05, 3.63) is 70.8 Å². The summed E-state index contributed by atoms with van der Waals surface area (Å²) >= 11 is 6.04. The van der Waals surface area contributed by atoms with Crippen molar-refractivity contribution in [2.75, 3.05) is 26.4 Å². The van der Waals surface area contributed by atoms with E-state index >= 15 is 0 Å². The Morgan fingerprint density at radius 3 is 2.61 bits per heavy atom. The summed E-state index contributed by atoms with van der Waals surface area (Å²) in [7, 11) is 0. The second-order valence-electron chi connectivity index (χ2n) is 6.92. The van der Waals surface area contributed by atoms with E-state index in [0.717, 1.165) is 24.2 Å². The zero-order valence-corrected chi connectivity index (χ0v) is 16.9. The van der Waals surface area contributed by atoms with E-state index in [4.69, 9.17) is 21.1 Å². The zero-order chi connectivity index (χ0) is 19.8. The van der Waals surface area contributed by atoms with Crippen molar-refractivity contribution < 1.29 is 14.3 Å². The van der Waals surface area contributed by atoms with Crippen LogP contribution in [0.3, 0.4) is 0 Å². The molecule has 0 aromatic heterocycles. The van der Waals surface area contributed by atoms with E-state index in [0.29, 0.717) is 31.4 Å². The maximum Gasteiger partial charge on any atom is 0.244 e. The lowest BCUT2D eigenvalue weighted by atomic mass is 9.74. The highest BCUT2D eigenvalue weighted by Gasteiger charge is 2.34. The molecule has 2 aromatic carbocycles. The average molecular weight is 400 g/mol. The molecule has 0 spiro atoms. The zero-order valence-electron chi connectivity index (χ0n) is 16.1. The van der Waals surface area contributed by atoms with Crippen LogP contribution in [-0.4, -0.2) is 32.3 Å². The highest BCUT2D eigenvalue weighted by atomic mass is 35.5. The number of benzene rings is 2. The first kappa shape index (κ1) is 20.4. The third-order valence-corrected chi connectivity index (χ3v) is 5.39. The monoisotopic (exact) mass is 399 g/mol. The van der Waals surface area contributed by atoms with Gasteiger partial charge < -0.3 is 14.8 Å². The van der Waals surface area contributed by atoms with Gasteiger partial charge in [-0.1, -0.05) is 41.9 Å². The topological polar surface area (TPSA) is 47.6 Å². The number of carbonyl (C=O) groups excluding carboxylic acids is 1. The Bertz CT molecular complexity index is 811. The minimum absolute atomic E-state index is 0.119. The predicted molar refractivity (Wildman–Crippen MR) is 113 cm³/mol. The Morgan fingerprint density at radius 1 is 1.18 bits per heavy atom. The number of rotatable bonds is 7. The quantitative estimate of drug-likeness (QED) is 0.691. The van der Waals surface area contributed by atoms with Crippen LogP contribution in [0.4, 0.5) is 0 Å². The van der Waals surface area contributed by atoms with Gasteiger partial charge in [-0.25, -0.2) is 0 Å². The van der Waals surface area contributed by atoms with Crippen LogP contribution in [0.15, 0.2) is 54.6 Å². The first-order chi connectivity index (χ1) is 13.6. The molecule has 4 nitrogen and oxygen atoms in total. The molecule has 5 heteroatoms. The van der Waals surface area contributed by atoms with Gasteiger partial charge >= 0.3 is 0 Å². The lowest BCUT2D eigenvalue weighted by Crippen LogP contribution is -2.44. The maximum absolute atomic E-state index is 12.5. The summed E-state index contributed by atoms with van der Waals surface area (Å²) in [5, 5.41) is 3.79. The highest BCUT2D eigenvalue weighted by molar-refractivity contribution is 6.30. The summed E-state index contributed by atoms with van der Waals surface area (Å²) in [6, 6.07) is 15.6. The van der Waals surface area contributed by atoms with Crippen LogP contribution in [0.2, 0.25) is 5.02 Å². The van der Waals surface area contributed by atoms with Crippen LogP contribution in [0.25, 0.3) is 6.08 Å². The second-order valence-corrected chi connectivity index (χ2v) is 7.36. The van der Waals surface area contributed by atoms with Crippen molar-refractivity contribution in [1.82, 2.24) is 5.32 Å². The molecule has 0 bridgehead atoms. The van der Waals surface area contributed by atoms with Crippen molar-refractivity contribution >= 4 is 23.6 Å². The standard InChI is InChI=1S/C23H26ClNO3/c1-2-28-21-6-4-3-5-18(21)7-12-22(26)25-17-23(13-15-27-16-14-23)19-8-10-20(24)11-9-19/h3-12H,2,13-17H2,1H3,(H,25,26)/b12-7+. The second kappa shape index (κ2) is 9.76. The predicted octanol–water partition coefficient (Wildman–Crippen LogP) is 4.62. The van der Waals surface area contributed by atoms with Crippen LogP contribution in [0, 0.1) is 0 Å². The molecule has 1 amide bonds. The van der Waals surface area contributed by atoms with Crippen LogP contribution in [0.5, 0.6) is 5.75 Å². The SMILES string of the molecule is CCOc1ccccc1/C=C/C(=O)NCC1(c2ccc(Cl)cc2)CCOCC1. The minimum atomic E-state index is -0.129. The molecule has 2 aromatic rings. The molecule has 0 aliphatic carbocycles. The molecule has 148 valence electrons. The maximum atomic E-state index is 12.5. The molecule has 3 rings (SSSR count). The van der Waals surface area contributed by atoms with E-state index < -0.39 is 0 Å². The minimum Gasteiger partial charge on any atom is -0.493 e. The van der Waals surface area contributed by atoms with E-state index in [2.05, 4.69) is 5.32 Å². The van der Waals surface area contributed by atoms with Gasteiger partial charge in [0.15, 0.2) is 0 Å². The van der Waals surface area contributed by atoms with Crippen molar-refractivity contribution in [2.24, 2.45) is 0 Å².